The first kappa shape index (κ1) is 14.9. The fraction of sp³-hybridized carbons (Fsp3) is 0.400. The number of hydrogen-bond donors (Lipinski definition) is 4. The Morgan fingerprint density at radius 1 is 1.45 bits per heavy atom. The Labute approximate surface area is 114 Å². The number of aliphatic hydroxyl groups is 1. The predicted octanol–water partition coefficient (Wildman–Crippen LogP) is -0.474. The lowest BCUT2D eigenvalue weighted by Crippen LogP contribution is -2.24. The summed E-state index contributed by atoms with van der Waals surface area (Å²) >= 11 is 0. The van der Waals surface area contributed by atoms with Crippen LogP contribution in [-0.4, -0.2) is 48.5 Å². The Bertz CT molecular complexity index is 640. The van der Waals surface area contributed by atoms with E-state index in [2.05, 4.69) is 9.97 Å². The zero-order valence-electron chi connectivity index (χ0n) is 10.5. The molecule has 10 heteroatoms. The van der Waals surface area contributed by atoms with Gasteiger partial charge in [0.2, 0.25) is 0 Å². The summed E-state index contributed by atoms with van der Waals surface area (Å²) in [6, 6.07) is 1.72. The van der Waals surface area contributed by atoms with Gasteiger partial charge in [-0.2, -0.15) is 0 Å². The second-order valence-electron chi connectivity index (χ2n) is 4.23. The lowest BCUT2D eigenvalue weighted by atomic mass is 10.3. The van der Waals surface area contributed by atoms with E-state index in [0.29, 0.717) is 16.9 Å². The quantitative estimate of drug-likeness (QED) is 0.524. The maximum absolute atomic E-state index is 10.8. The molecule has 0 saturated heterocycles. The van der Waals surface area contributed by atoms with Crippen molar-refractivity contribution < 1.29 is 24.2 Å². The van der Waals surface area contributed by atoms with Crippen molar-refractivity contribution in [3.8, 4) is 0 Å². The van der Waals surface area contributed by atoms with Gasteiger partial charge < -0.3 is 29.9 Å². The fourth-order valence-electron chi connectivity index (χ4n) is 1.76. The van der Waals surface area contributed by atoms with Crippen LogP contribution in [0.5, 0.6) is 0 Å². The van der Waals surface area contributed by atoms with E-state index in [-0.39, 0.29) is 13.2 Å². The molecular weight excluding hydrogens is 287 g/mol. The van der Waals surface area contributed by atoms with Crippen LogP contribution in [0.4, 0.5) is 5.82 Å². The molecule has 9 nitrogen and oxygen atoms in total. The molecule has 5 N–H and O–H groups in total. The predicted molar refractivity (Wildman–Crippen MR) is 70.8 cm³/mol. The van der Waals surface area contributed by atoms with E-state index in [9.17, 15) is 9.67 Å². The van der Waals surface area contributed by atoms with Gasteiger partial charge in [-0.15, -0.1) is 0 Å². The van der Waals surface area contributed by atoms with E-state index in [1.54, 1.807) is 16.8 Å². The van der Waals surface area contributed by atoms with Crippen LogP contribution < -0.4 is 5.73 Å². The van der Waals surface area contributed by atoms with E-state index in [1.807, 2.05) is 0 Å². The molecule has 0 fully saturated rings. The third-order valence-corrected chi connectivity index (χ3v) is 3.15. The first-order chi connectivity index (χ1) is 9.40. The van der Waals surface area contributed by atoms with Crippen molar-refractivity contribution in [2.24, 2.45) is 0 Å². The van der Waals surface area contributed by atoms with E-state index < -0.39 is 20.0 Å². The van der Waals surface area contributed by atoms with Crippen LogP contribution in [0.25, 0.3) is 11.0 Å². The highest BCUT2D eigenvalue weighted by atomic mass is 31.2. The summed E-state index contributed by atoms with van der Waals surface area (Å²) in [5.74, 6) is 0.338. The van der Waals surface area contributed by atoms with Gasteiger partial charge in [0, 0.05) is 6.20 Å². The standard InChI is InChI=1S/C10H15N4O5P/c11-9-8-1-2-14(10(8)13-5-12-9)3-7(4-15)19-6-20(16,17)18/h1-2,5,7,15H,3-4,6H2,(H2,11,12,13)(H2,16,17,18)/t7-/m0/s1. The number of nitrogens with two attached hydrogens (primary N) is 1. The molecule has 2 heterocycles. The number of fused-ring (bicyclic) bond motifs is 1. The number of rotatable bonds is 6. The second-order valence-corrected chi connectivity index (χ2v) is 5.82. The van der Waals surface area contributed by atoms with Crippen molar-refractivity contribution in [2.45, 2.75) is 12.6 Å². The number of anilines is 1. The molecule has 0 radical (unpaired) electrons. The van der Waals surface area contributed by atoms with Gasteiger partial charge in [-0.3, -0.25) is 4.57 Å². The number of nitrogens with zero attached hydrogens (tertiary/aromatic N) is 3. The van der Waals surface area contributed by atoms with Crippen LogP contribution in [-0.2, 0) is 15.8 Å². The molecule has 110 valence electrons. The molecule has 2 aromatic rings. The number of aromatic nitrogens is 3. The fourth-order valence-corrected chi connectivity index (χ4v) is 2.16. The van der Waals surface area contributed by atoms with Crippen molar-refractivity contribution >= 4 is 24.4 Å². The largest absolute Gasteiger partial charge is 0.394 e. The number of hydrogen-bond acceptors (Lipinski definition) is 6. The van der Waals surface area contributed by atoms with Gasteiger partial charge in [-0.25, -0.2) is 9.97 Å². The third kappa shape index (κ3) is 3.53. The molecule has 0 aliphatic carbocycles. The molecule has 20 heavy (non-hydrogen) atoms. The summed E-state index contributed by atoms with van der Waals surface area (Å²) in [5, 5.41) is 9.87. The highest BCUT2D eigenvalue weighted by Crippen LogP contribution is 2.34. The number of ether oxygens (including phenoxy) is 1. The molecule has 0 aliphatic heterocycles. The topological polar surface area (TPSA) is 144 Å². The van der Waals surface area contributed by atoms with Crippen molar-refractivity contribution in [1.29, 1.82) is 0 Å². The van der Waals surface area contributed by atoms with E-state index in [4.69, 9.17) is 20.3 Å². The maximum Gasteiger partial charge on any atom is 0.350 e. The van der Waals surface area contributed by atoms with Gasteiger partial charge in [0.15, 0.2) is 0 Å². The minimum atomic E-state index is -4.27. The zero-order valence-corrected chi connectivity index (χ0v) is 11.3. The zero-order chi connectivity index (χ0) is 14.8. The Balaban J connectivity index is 2.14. The van der Waals surface area contributed by atoms with E-state index in [0.717, 1.165) is 0 Å². The lowest BCUT2D eigenvalue weighted by Gasteiger charge is -2.17. The van der Waals surface area contributed by atoms with Gasteiger partial charge in [0.1, 0.15) is 24.1 Å². The van der Waals surface area contributed by atoms with Crippen LogP contribution in [0.3, 0.4) is 0 Å². The Morgan fingerprint density at radius 3 is 2.85 bits per heavy atom. The number of aliphatic hydroxyl groups excluding tert-OH is 1. The van der Waals surface area contributed by atoms with Gasteiger partial charge in [-0.05, 0) is 6.07 Å². The maximum atomic E-state index is 10.8. The highest BCUT2D eigenvalue weighted by molar-refractivity contribution is 7.51. The Hall–Kier alpha value is -1.51. The molecule has 0 saturated carbocycles. The molecule has 0 bridgehead atoms. The average Bonchev–Trinajstić information content (AvgIpc) is 2.78. The molecule has 0 unspecified atom stereocenters. The van der Waals surface area contributed by atoms with Crippen LogP contribution in [0.15, 0.2) is 18.6 Å². The van der Waals surface area contributed by atoms with Crippen LogP contribution in [0.2, 0.25) is 0 Å². The Morgan fingerprint density at radius 2 is 2.20 bits per heavy atom. The lowest BCUT2D eigenvalue weighted by molar-refractivity contribution is 0.0203. The third-order valence-electron chi connectivity index (χ3n) is 2.67. The van der Waals surface area contributed by atoms with E-state index >= 15 is 0 Å². The molecule has 0 aromatic carbocycles. The van der Waals surface area contributed by atoms with Gasteiger partial charge in [0.05, 0.1) is 24.6 Å². The van der Waals surface area contributed by atoms with Gasteiger partial charge in [-0.1, -0.05) is 0 Å². The molecule has 0 spiro atoms. The van der Waals surface area contributed by atoms with Crippen molar-refractivity contribution in [1.82, 2.24) is 14.5 Å². The monoisotopic (exact) mass is 302 g/mol. The highest BCUT2D eigenvalue weighted by Gasteiger charge is 2.18. The summed E-state index contributed by atoms with van der Waals surface area (Å²) in [6.07, 6.45) is 1.52. The van der Waals surface area contributed by atoms with Crippen molar-refractivity contribution in [2.75, 3.05) is 18.7 Å². The first-order valence-electron chi connectivity index (χ1n) is 5.73. The molecule has 2 aromatic heterocycles. The summed E-state index contributed by atoms with van der Waals surface area (Å²) in [4.78, 5) is 25.5. The minimum absolute atomic E-state index is 0.191. The SMILES string of the molecule is Nc1ncnc2c1ccn2C[C@@H](CO)OCP(=O)(O)O. The van der Waals surface area contributed by atoms with Crippen molar-refractivity contribution in [3.05, 3.63) is 18.6 Å². The van der Waals surface area contributed by atoms with Crippen LogP contribution in [0, 0.1) is 0 Å². The van der Waals surface area contributed by atoms with Crippen LogP contribution >= 0.6 is 7.60 Å². The number of nitrogen functional groups attached to an aromatic ring is 1. The summed E-state index contributed by atoms with van der Waals surface area (Å²) in [7, 11) is -4.27. The summed E-state index contributed by atoms with van der Waals surface area (Å²) in [5.41, 5.74) is 6.27. The first-order valence-corrected chi connectivity index (χ1v) is 7.53. The van der Waals surface area contributed by atoms with Gasteiger partial charge >= 0.3 is 7.60 Å². The molecule has 1 atom stereocenters. The van der Waals surface area contributed by atoms with Crippen molar-refractivity contribution in [3.63, 3.8) is 0 Å². The molecule has 0 amide bonds. The smallest absolute Gasteiger partial charge is 0.350 e. The second kappa shape index (κ2) is 5.86. The molecule has 0 aliphatic rings. The minimum Gasteiger partial charge on any atom is -0.394 e. The summed E-state index contributed by atoms with van der Waals surface area (Å²) in [6.45, 7) is -0.184. The average molecular weight is 302 g/mol. The van der Waals surface area contributed by atoms with Crippen LogP contribution in [0.1, 0.15) is 0 Å². The van der Waals surface area contributed by atoms with Gasteiger partial charge in [0.25, 0.3) is 0 Å². The molecule has 2 rings (SSSR count). The summed E-state index contributed by atoms with van der Waals surface area (Å²) < 4.78 is 17.4. The van der Waals surface area contributed by atoms with E-state index in [1.165, 1.54) is 6.33 Å². The normalized spacial score (nSPS) is 13.8. The molecular formula is C10H15N4O5P. The Kier molecular flexibility index (Phi) is 4.36.